The average Bonchev–Trinajstić information content (AvgIpc) is 3.41. The van der Waals surface area contributed by atoms with Crippen molar-refractivity contribution >= 4 is 17.2 Å². The first-order chi connectivity index (χ1) is 13.8. The van der Waals surface area contributed by atoms with Crippen LogP contribution >= 0.6 is 11.3 Å². The Bertz CT molecular complexity index is 1080. The molecule has 0 radical (unpaired) electrons. The van der Waals surface area contributed by atoms with Gasteiger partial charge in [0.05, 0.1) is 6.54 Å². The number of aromatic nitrogens is 6. The zero-order valence-corrected chi connectivity index (χ0v) is 15.8. The summed E-state index contributed by atoms with van der Waals surface area (Å²) in [5, 5.41) is 16.2. The summed E-state index contributed by atoms with van der Waals surface area (Å²) in [6.45, 7) is -0.145. The first kappa shape index (κ1) is 19.4. The minimum absolute atomic E-state index is 0.0808. The van der Waals surface area contributed by atoms with E-state index in [9.17, 15) is 22.8 Å². The predicted molar refractivity (Wildman–Crippen MR) is 95.8 cm³/mol. The maximum Gasteiger partial charge on any atom is 0.435 e. The third-order valence-corrected chi connectivity index (χ3v) is 5.41. The van der Waals surface area contributed by atoms with E-state index in [2.05, 4.69) is 20.8 Å². The molecule has 9 nitrogen and oxygen atoms in total. The fourth-order valence-electron chi connectivity index (χ4n) is 3.30. The number of hydrogen-bond acceptors (Lipinski definition) is 6. The largest absolute Gasteiger partial charge is 0.435 e. The lowest BCUT2D eigenvalue weighted by Gasteiger charge is -2.07. The quantitative estimate of drug-likeness (QED) is 0.633. The van der Waals surface area contributed by atoms with Crippen molar-refractivity contribution in [1.82, 2.24) is 34.9 Å². The molecule has 1 aliphatic rings. The fourth-order valence-corrected chi connectivity index (χ4v) is 3.97. The summed E-state index contributed by atoms with van der Waals surface area (Å²) in [6, 6.07) is 3.51. The van der Waals surface area contributed by atoms with Gasteiger partial charge < -0.3 is 5.32 Å². The summed E-state index contributed by atoms with van der Waals surface area (Å²) < 4.78 is 42.7. The summed E-state index contributed by atoms with van der Waals surface area (Å²) in [7, 11) is 0. The van der Waals surface area contributed by atoms with E-state index >= 15 is 0 Å². The summed E-state index contributed by atoms with van der Waals surface area (Å²) in [6.07, 6.45) is -3.14. The second kappa shape index (κ2) is 7.46. The minimum atomic E-state index is -4.54. The first-order valence-corrected chi connectivity index (χ1v) is 9.71. The van der Waals surface area contributed by atoms with Gasteiger partial charge in [0, 0.05) is 17.8 Å². The Balaban J connectivity index is 1.37. The monoisotopic (exact) mass is 427 g/mol. The van der Waals surface area contributed by atoms with Crippen molar-refractivity contribution in [3.05, 3.63) is 44.9 Å². The topological polar surface area (TPSA) is 99.6 Å². The van der Waals surface area contributed by atoms with Gasteiger partial charge in [0.25, 0.3) is 0 Å². The molecule has 0 saturated carbocycles. The lowest BCUT2D eigenvalue weighted by Crippen LogP contribution is -2.34. The molecule has 0 fully saturated rings. The number of carbonyl (C=O) groups is 1. The molecule has 3 aromatic heterocycles. The van der Waals surface area contributed by atoms with Crippen LogP contribution in [0, 0.1) is 0 Å². The van der Waals surface area contributed by atoms with Crippen LogP contribution in [0.15, 0.2) is 22.3 Å². The second-order valence-corrected chi connectivity index (χ2v) is 7.41. The molecule has 3 heterocycles. The highest BCUT2D eigenvalue weighted by Crippen LogP contribution is 2.36. The van der Waals surface area contributed by atoms with E-state index < -0.39 is 23.5 Å². The molecule has 29 heavy (non-hydrogen) atoms. The molecular formula is C16H16F3N7O2S. The van der Waals surface area contributed by atoms with Crippen LogP contribution in [0.5, 0.6) is 0 Å². The van der Waals surface area contributed by atoms with E-state index in [0.717, 1.165) is 14.0 Å². The number of carbonyl (C=O) groups excluding carboxylic acids is 1. The van der Waals surface area contributed by atoms with Crippen LogP contribution in [-0.4, -0.2) is 42.0 Å². The summed E-state index contributed by atoms with van der Waals surface area (Å²) >= 11 is 1.33. The van der Waals surface area contributed by atoms with Crippen LogP contribution in [0.1, 0.15) is 23.4 Å². The van der Waals surface area contributed by atoms with Crippen molar-refractivity contribution in [2.24, 2.45) is 0 Å². The van der Waals surface area contributed by atoms with Crippen molar-refractivity contribution in [1.29, 1.82) is 0 Å². The van der Waals surface area contributed by atoms with Gasteiger partial charge in [-0.1, -0.05) is 0 Å². The number of tetrazole rings is 1. The normalized spacial score (nSPS) is 13.6. The molecule has 1 amide bonds. The Labute approximate surface area is 165 Å². The molecule has 0 spiro atoms. The number of amides is 1. The highest BCUT2D eigenvalue weighted by Gasteiger charge is 2.40. The van der Waals surface area contributed by atoms with Gasteiger partial charge in [-0.3, -0.25) is 9.48 Å². The standard InChI is InChI=1S/C16H16F3N7O2S/c17-16(18,19)14-10-3-1-4-11(10)25(21-14)9-12(27)20-6-7-24-15(28)26(23-22-24)13-5-2-8-29-13/h2,5,8H,1,3-4,6-7,9H2,(H,20,27). The number of hydrogen-bond donors (Lipinski definition) is 1. The number of halogens is 3. The van der Waals surface area contributed by atoms with Gasteiger partial charge in [-0.25, -0.2) is 4.79 Å². The maximum atomic E-state index is 13.1. The zero-order chi connectivity index (χ0) is 20.6. The number of alkyl halides is 3. The zero-order valence-electron chi connectivity index (χ0n) is 15.0. The number of nitrogens with one attached hydrogen (secondary N) is 1. The van der Waals surface area contributed by atoms with E-state index in [1.54, 1.807) is 17.5 Å². The van der Waals surface area contributed by atoms with E-state index in [-0.39, 0.29) is 25.2 Å². The van der Waals surface area contributed by atoms with Gasteiger partial charge in [0.1, 0.15) is 11.5 Å². The van der Waals surface area contributed by atoms with Crippen LogP contribution in [0.25, 0.3) is 5.00 Å². The first-order valence-electron chi connectivity index (χ1n) is 8.84. The van der Waals surface area contributed by atoms with E-state index in [0.29, 0.717) is 30.0 Å². The highest BCUT2D eigenvalue weighted by molar-refractivity contribution is 7.12. The van der Waals surface area contributed by atoms with Crippen LogP contribution in [-0.2, 0) is 36.9 Å². The van der Waals surface area contributed by atoms with Crippen molar-refractivity contribution < 1.29 is 18.0 Å². The number of nitrogens with zero attached hydrogens (tertiary/aromatic N) is 6. The molecule has 4 rings (SSSR count). The van der Waals surface area contributed by atoms with Crippen LogP contribution in [0.3, 0.4) is 0 Å². The smallest absolute Gasteiger partial charge is 0.353 e. The van der Waals surface area contributed by atoms with Crippen LogP contribution in [0.4, 0.5) is 13.2 Å². The third kappa shape index (κ3) is 3.81. The Morgan fingerprint density at radius 1 is 1.24 bits per heavy atom. The van der Waals surface area contributed by atoms with E-state index in [1.165, 1.54) is 11.3 Å². The van der Waals surface area contributed by atoms with Crippen molar-refractivity contribution in [2.75, 3.05) is 6.54 Å². The van der Waals surface area contributed by atoms with Gasteiger partial charge in [-0.05, 0) is 47.2 Å². The third-order valence-electron chi connectivity index (χ3n) is 4.57. The molecule has 0 unspecified atom stereocenters. The van der Waals surface area contributed by atoms with E-state index in [1.807, 2.05) is 0 Å². The average molecular weight is 427 g/mol. The van der Waals surface area contributed by atoms with E-state index in [4.69, 9.17) is 0 Å². The van der Waals surface area contributed by atoms with Crippen LogP contribution < -0.4 is 11.0 Å². The lowest BCUT2D eigenvalue weighted by molar-refractivity contribution is -0.142. The molecule has 154 valence electrons. The molecule has 0 saturated heterocycles. The van der Waals surface area contributed by atoms with Gasteiger partial charge in [0.2, 0.25) is 5.91 Å². The Hall–Kier alpha value is -2.96. The van der Waals surface area contributed by atoms with Gasteiger partial charge in [0.15, 0.2) is 5.69 Å². The minimum Gasteiger partial charge on any atom is -0.353 e. The SMILES string of the molecule is O=C(Cn1nc(C(F)(F)F)c2c1CCC2)NCCn1nnn(-c2cccs2)c1=O. The number of rotatable bonds is 6. The van der Waals surface area contributed by atoms with Gasteiger partial charge in [-0.15, -0.1) is 11.3 Å². The molecular weight excluding hydrogens is 411 g/mol. The molecule has 3 aromatic rings. The van der Waals surface area contributed by atoms with Crippen molar-refractivity contribution in [3.63, 3.8) is 0 Å². The lowest BCUT2D eigenvalue weighted by atomic mass is 10.2. The summed E-state index contributed by atoms with van der Waals surface area (Å²) in [5.74, 6) is -0.491. The fraction of sp³-hybridized carbons (Fsp3) is 0.438. The molecule has 0 atom stereocenters. The van der Waals surface area contributed by atoms with Gasteiger partial charge in [-0.2, -0.15) is 27.6 Å². The molecule has 1 N–H and O–H groups in total. The van der Waals surface area contributed by atoms with Crippen molar-refractivity contribution in [2.45, 2.75) is 38.5 Å². The molecule has 13 heteroatoms. The molecule has 0 aromatic carbocycles. The Morgan fingerprint density at radius 3 is 2.79 bits per heavy atom. The summed E-state index contributed by atoms with van der Waals surface area (Å²) in [4.78, 5) is 24.4. The molecule has 1 aliphatic carbocycles. The second-order valence-electron chi connectivity index (χ2n) is 6.48. The molecule has 0 bridgehead atoms. The number of thiophene rings is 1. The number of fused-ring (bicyclic) bond motifs is 1. The van der Waals surface area contributed by atoms with Crippen LogP contribution in [0.2, 0.25) is 0 Å². The Kier molecular flexibility index (Phi) is 4.98. The van der Waals surface area contributed by atoms with Crippen molar-refractivity contribution in [3.8, 4) is 5.00 Å². The van der Waals surface area contributed by atoms with Gasteiger partial charge >= 0.3 is 11.9 Å². The summed E-state index contributed by atoms with van der Waals surface area (Å²) in [5.41, 5.74) is -0.708. The highest BCUT2D eigenvalue weighted by atomic mass is 32.1. The predicted octanol–water partition coefficient (Wildman–Crippen LogP) is 1.01. The maximum absolute atomic E-state index is 13.1. The molecule has 0 aliphatic heterocycles. The Morgan fingerprint density at radius 2 is 2.07 bits per heavy atom.